The van der Waals surface area contributed by atoms with Crippen LogP contribution in [0.2, 0.25) is 0 Å². The lowest BCUT2D eigenvalue weighted by atomic mass is 10.0. The zero-order chi connectivity index (χ0) is 19.5. The van der Waals surface area contributed by atoms with Crippen LogP contribution in [0, 0.1) is 6.92 Å². The zero-order valence-electron chi connectivity index (χ0n) is 16.6. The SMILES string of the molecule is Cc1ccc(-c2ccc(C(=O)N3CCC[C@H]3C(=O)N3CCCCC3)cc2)cc1. The lowest BCUT2D eigenvalue weighted by molar-refractivity contribution is -0.136. The molecular weight excluding hydrogens is 348 g/mol. The molecule has 0 bridgehead atoms. The first-order valence-corrected chi connectivity index (χ1v) is 10.4. The van der Waals surface area contributed by atoms with E-state index in [1.54, 1.807) is 4.90 Å². The quantitative estimate of drug-likeness (QED) is 0.802. The van der Waals surface area contributed by atoms with Gasteiger partial charge < -0.3 is 9.80 Å². The Morgan fingerprint density at radius 3 is 2.04 bits per heavy atom. The molecule has 2 amide bonds. The molecule has 0 radical (unpaired) electrons. The summed E-state index contributed by atoms with van der Waals surface area (Å²) < 4.78 is 0. The molecular formula is C24H28N2O2. The van der Waals surface area contributed by atoms with Crippen molar-refractivity contribution >= 4 is 11.8 Å². The van der Waals surface area contributed by atoms with Gasteiger partial charge in [0.1, 0.15) is 6.04 Å². The van der Waals surface area contributed by atoms with Gasteiger partial charge in [0.15, 0.2) is 0 Å². The Bertz CT molecular complexity index is 836. The number of carbonyl (C=O) groups excluding carboxylic acids is 2. The van der Waals surface area contributed by atoms with Crippen molar-refractivity contribution in [3.8, 4) is 11.1 Å². The van der Waals surface area contributed by atoms with Crippen LogP contribution in [0.3, 0.4) is 0 Å². The molecule has 0 aliphatic carbocycles. The van der Waals surface area contributed by atoms with E-state index in [0.29, 0.717) is 12.1 Å². The standard InChI is InChI=1S/C24H28N2O2/c1-18-7-9-19(10-8-18)20-11-13-21(14-12-20)23(27)26-17-5-6-22(26)24(28)25-15-3-2-4-16-25/h7-14,22H,2-6,15-17H2,1H3/t22-/m0/s1. The molecule has 2 aliphatic rings. The third-order valence-corrected chi connectivity index (χ3v) is 5.98. The number of piperidine rings is 1. The molecule has 4 nitrogen and oxygen atoms in total. The average Bonchev–Trinajstić information content (AvgIpc) is 3.24. The van der Waals surface area contributed by atoms with Crippen molar-refractivity contribution < 1.29 is 9.59 Å². The fraction of sp³-hybridized carbons (Fsp3) is 0.417. The summed E-state index contributed by atoms with van der Waals surface area (Å²) in [6.07, 6.45) is 5.03. The van der Waals surface area contributed by atoms with E-state index in [1.807, 2.05) is 29.2 Å². The maximum atomic E-state index is 13.1. The highest BCUT2D eigenvalue weighted by atomic mass is 16.2. The van der Waals surface area contributed by atoms with E-state index in [2.05, 4.69) is 31.2 Å². The second-order valence-electron chi connectivity index (χ2n) is 7.99. The predicted molar refractivity (Wildman–Crippen MR) is 111 cm³/mol. The van der Waals surface area contributed by atoms with Crippen molar-refractivity contribution in [2.75, 3.05) is 19.6 Å². The molecule has 28 heavy (non-hydrogen) atoms. The van der Waals surface area contributed by atoms with Crippen LogP contribution in [-0.2, 0) is 4.79 Å². The molecule has 2 aromatic rings. The molecule has 2 heterocycles. The highest BCUT2D eigenvalue weighted by Gasteiger charge is 2.37. The van der Waals surface area contributed by atoms with Gasteiger partial charge in [-0.25, -0.2) is 0 Å². The molecule has 2 aromatic carbocycles. The summed E-state index contributed by atoms with van der Waals surface area (Å²) in [6, 6.07) is 15.9. The van der Waals surface area contributed by atoms with Crippen LogP contribution in [0.5, 0.6) is 0 Å². The van der Waals surface area contributed by atoms with Crippen LogP contribution in [-0.4, -0.2) is 47.3 Å². The van der Waals surface area contributed by atoms with E-state index in [-0.39, 0.29) is 17.9 Å². The molecule has 0 aromatic heterocycles. The number of hydrogen-bond donors (Lipinski definition) is 0. The number of benzene rings is 2. The van der Waals surface area contributed by atoms with Gasteiger partial charge in [-0.1, -0.05) is 42.0 Å². The summed E-state index contributed by atoms with van der Waals surface area (Å²) in [5.74, 6) is 0.116. The monoisotopic (exact) mass is 376 g/mol. The van der Waals surface area contributed by atoms with E-state index in [0.717, 1.165) is 49.9 Å². The van der Waals surface area contributed by atoms with Crippen molar-refractivity contribution in [1.82, 2.24) is 9.80 Å². The normalized spacial score (nSPS) is 19.7. The van der Waals surface area contributed by atoms with Crippen LogP contribution in [0.15, 0.2) is 48.5 Å². The minimum atomic E-state index is -0.289. The van der Waals surface area contributed by atoms with Crippen molar-refractivity contribution in [3.05, 3.63) is 59.7 Å². The summed E-state index contributed by atoms with van der Waals surface area (Å²) in [5.41, 5.74) is 4.13. The Balaban J connectivity index is 1.48. The molecule has 146 valence electrons. The van der Waals surface area contributed by atoms with Crippen molar-refractivity contribution in [3.63, 3.8) is 0 Å². The topological polar surface area (TPSA) is 40.6 Å². The lowest BCUT2D eigenvalue weighted by Crippen LogP contribution is -2.49. The highest BCUT2D eigenvalue weighted by Crippen LogP contribution is 2.25. The van der Waals surface area contributed by atoms with Gasteiger partial charge in [-0.3, -0.25) is 9.59 Å². The van der Waals surface area contributed by atoms with Crippen LogP contribution >= 0.6 is 0 Å². The highest BCUT2D eigenvalue weighted by molar-refractivity contribution is 5.98. The van der Waals surface area contributed by atoms with Gasteiger partial charge in [-0.2, -0.15) is 0 Å². The molecule has 0 saturated carbocycles. The van der Waals surface area contributed by atoms with Gasteiger partial charge in [0.25, 0.3) is 5.91 Å². The Labute approximate surface area is 167 Å². The smallest absolute Gasteiger partial charge is 0.254 e. The molecule has 4 rings (SSSR count). The largest absolute Gasteiger partial charge is 0.341 e. The van der Waals surface area contributed by atoms with E-state index in [4.69, 9.17) is 0 Å². The van der Waals surface area contributed by atoms with E-state index in [9.17, 15) is 9.59 Å². The fourth-order valence-corrected chi connectivity index (χ4v) is 4.31. The summed E-state index contributed by atoms with van der Waals surface area (Å²) >= 11 is 0. The first kappa shape index (κ1) is 18.7. The van der Waals surface area contributed by atoms with Crippen molar-refractivity contribution in [1.29, 1.82) is 0 Å². The third-order valence-electron chi connectivity index (χ3n) is 5.98. The second-order valence-corrected chi connectivity index (χ2v) is 7.99. The Hall–Kier alpha value is -2.62. The maximum Gasteiger partial charge on any atom is 0.254 e. The summed E-state index contributed by atoms with van der Waals surface area (Å²) in [5, 5.41) is 0. The minimum absolute atomic E-state index is 0.0247. The Morgan fingerprint density at radius 1 is 0.786 bits per heavy atom. The summed E-state index contributed by atoms with van der Waals surface area (Å²) in [7, 11) is 0. The molecule has 2 aliphatic heterocycles. The van der Waals surface area contributed by atoms with Gasteiger partial charge in [0, 0.05) is 25.2 Å². The van der Waals surface area contributed by atoms with Gasteiger partial charge in [-0.05, 0) is 62.3 Å². The van der Waals surface area contributed by atoms with Crippen molar-refractivity contribution in [2.45, 2.75) is 45.1 Å². The minimum Gasteiger partial charge on any atom is -0.341 e. The molecule has 2 fully saturated rings. The van der Waals surface area contributed by atoms with Crippen LogP contribution in [0.4, 0.5) is 0 Å². The summed E-state index contributed by atoms with van der Waals surface area (Å²) in [4.78, 5) is 29.8. The van der Waals surface area contributed by atoms with Crippen LogP contribution in [0.1, 0.15) is 48.0 Å². The number of likely N-dealkylation sites (tertiary alicyclic amines) is 2. The second kappa shape index (κ2) is 8.17. The van der Waals surface area contributed by atoms with Gasteiger partial charge in [-0.15, -0.1) is 0 Å². The molecule has 4 heteroatoms. The maximum absolute atomic E-state index is 13.1. The predicted octanol–water partition coefficient (Wildman–Crippen LogP) is 4.28. The molecule has 0 spiro atoms. The fourth-order valence-electron chi connectivity index (χ4n) is 4.31. The zero-order valence-corrected chi connectivity index (χ0v) is 16.6. The third kappa shape index (κ3) is 3.82. The van der Waals surface area contributed by atoms with Crippen molar-refractivity contribution in [2.24, 2.45) is 0 Å². The molecule has 0 N–H and O–H groups in total. The first-order valence-electron chi connectivity index (χ1n) is 10.4. The van der Waals surface area contributed by atoms with Gasteiger partial charge in [0.2, 0.25) is 5.91 Å². The Kier molecular flexibility index (Phi) is 5.47. The number of amides is 2. The number of aryl methyl sites for hydroxylation is 1. The molecule has 1 atom stereocenters. The van der Waals surface area contributed by atoms with Gasteiger partial charge >= 0.3 is 0 Å². The average molecular weight is 377 g/mol. The molecule has 0 unspecified atom stereocenters. The number of nitrogens with zero attached hydrogens (tertiary/aromatic N) is 2. The lowest BCUT2D eigenvalue weighted by Gasteiger charge is -2.32. The number of rotatable bonds is 3. The van der Waals surface area contributed by atoms with E-state index < -0.39 is 0 Å². The summed E-state index contributed by atoms with van der Waals surface area (Å²) in [6.45, 7) is 4.41. The van der Waals surface area contributed by atoms with E-state index >= 15 is 0 Å². The molecule has 2 saturated heterocycles. The van der Waals surface area contributed by atoms with Crippen LogP contribution < -0.4 is 0 Å². The van der Waals surface area contributed by atoms with Gasteiger partial charge in [0.05, 0.1) is 0 Å². The van der Waals surface area contributed by atoms with E-state index in [1.165, 1.54) is 12.0 Å². The first-order chi connectivity index (χ1) is 13.6. The van der Waals surface area contributed by atoms with Crippen LogP contribution in [0.25, 0.3) is 11.1 Å². The Morgan fingerprint density at radius 2 is 1.39 bits per heavy atom. The number of carbonyl (C=O) groups is 2. The number of hydrogen-bond acceptors (Lipinski definition) is 2.